The summed E-state index contributed by atoms with van der Waals surface area (Å²) in [5.41, 5.74) is 2.54. The van der Waals surface area contributed by atoms with Gasteiger partial charge in [0.15, 0.2) is 5.54 Å². The van der Waals surface area contributed by atoms with Crippen LogP contribution in [0.1, 0.15) is 74.7 Å². The van der Waals surface area contributed by atoms with E-state index in [1.807, 2.05) is 48.5 Å². The minimum Gasteiger partial charge on any atom is -0.443 e. The van der Waals surface area contributed by atoms with Crippen LogP contribution in [0.25, 0.3) is 0 Å². The zero-order chi connectivity index (χ0) is 23.8. The van der Waals surface area contributed by atoms with Crippen molar-refractivity contribution in [1.82, 2.24) is 10.6 Å². The molecule has 0 aromatic rings. The highest BCUT2D eigenvalue weighted by molar-refractivity contribution is 6.45. The minimum atomic E-state index is -1.38. The Kier molecular flexibility index (Phi) is 7.07. The lowest BCUT2D eigenvalue weighted by molar-refractivity contribution is -0.138. The molecule has 0 aromatic heterocycles. The van der Waals surface area contributed by atoms with Crippen molar-refractivity contribution >= 4 is 25.0 Å². The monoisotopic (exact) mass is 439 g/mol. The van der Waals surface area contributed by atoms with Crippen molar-refractivity contribution in [3.8, 4) is 0 Å². The number of nitrogens with two attached hydrogens (primary N) is 1. The molecular weight excluding hydrogens is 401 g/mol. The van der Waals surface area contributed by atoms with Gasteiger partial charge in [0, 0.05) is 12.5 Å². The van der Waals surface area contributed by atoms with Gasteiger partial charge in [-0.1, -0.05) is 6.42 Å². The van der Waals surface area contributed by atoms with Gasteiger partial charge in [-0.3, -0.25) is 9.59 Å². The first-order valence-corrected chi connectivity index (χ1v) is 10.9. The molecule has 9 nitrogen and oxygen atoms in total. The number of hydrogen-bond acceptors (Lipinski definition) is 6. The molecule has 3 atom stereocenters. The maximum Gasteiger partial charge on any atom is 0.457 e. The standard InChI is InChI=1S/C21H38BN3O6/c1-13(26)24-21(16(27)25-18(2,3)4)12-14(11-15(21)29-17(23)28)9-10-22-30-19(5,6)20(7,8)31-22/h14-15H,9-12H2,1-8H3,(H2,23,28)(H,24,26)(H,25,27). The Hall–Kier alpha value is -1.81. The molecule has 2 aliphatic rings. The number of amides is 3. The molecule has 3 amide bonds. The number of carbonyl (C=O) groups is 3. The Balaban J connectivity index is 2.19. The molecule has 0 radical (unpaired) electrons. The second kappa shape index (κ2) is 8.62. The zero-order valence-electron chi connectivity index (χ0n) is 20.1. The highest BCUT2D eigenvalue weighted by Crippen LogP contribution is 2.43. The van der Waals surface area contributed by atoms with Crippen molar-refractivity contribution in [2.45, 2.75) is 109 Å². The van der Waals surface area contributed by atoms with E-state index < -0.39 is 34.5 Å². The van der Waals surface area contributed by atoms with Gasteiger partial charge < -0.3 is 30.4 Å². The molecule has 2 rings (SSSR count). The van der Waals surface area contributed by atoms with Gasteiger partial charge in [0.05, 0.1) is 11.2 Å². The molecule has 1 aliphatic carbocycles. The van der Waals surface area contributed by atoms with Crippen LogP contribution in [0.4, 0.5) is 4.79 Å². The van der Waals surface area contributed by atoms with Crippen LogP contribution in [0.3, 0.4) is 0 Å². The molecule has 4 N–H and O–H groups in total. The van der Waals surface area contributed by atoms with Gasteiger partial charge in [-0.15, -0.1) is 0 Å². The van der Waals surface area contributed by atoms with E-state index >= 15 is 0 Å². The number of carbonyl (C=O) groups excluding carboxylic acids is 3. The zero-order valence-corrected chi connectivity index (χ0v) is 20.1. The van der Waals surface area contributed by atoms with E-state index in [-0.39, 0.29) is 24.9 Å². The summed E-state index contributed by atoms with van der Waals surface area (Å²) in [5, 5.41) is 5.69. The maximum absolute atomic E-state index is 13.3. The van der Waals surface area contributed by atoms with E-state index in [2.05, 4.69) is 10.6 Å². The maximum atomic E-state index is 13.3. The Morgan fingerprint density at radius 3 is 2.13 bits per heavy atom. The predicted octanol–water partition coefficient (Wildman–Crippen LogP) is 2.13. The third kappa shape index (κ3) is 5.91. The van der Waals surface area contributed by atoms with E-state index in [1.54, 1.807) is 0 Å². The van der Waals surface area contributed by atoms with E-state index in [1.165, 1.54) is 6.92 Å². The Morgan fingerprint density at radius 1 is 1.13 bits per heavy atom. The molecule has 2 fully saturated rings. The van der Waals surface area contributed by atoms with Crippen molar-refractivity contribution in [3.05, 3.63) is 0 Å². The van der Waals surface area contributed by atoms with Gasteiger partial charge in [-0.2, -0.15) is 0 Å². The van der Waals surface area contributed by atoms with Crippen LogP contribution in [0.2, 0.25) is 6.32 Å². The summed E-state index contributed by atoms with van der Waals surface area (Å²) < 4.78 is 17.5. The van der Waals surface area contributed by atoms with Crippen LogP contribution in [0.15, 0.2) is 0 Å². The number of nitrogens with one attached hydrogen (secondary N) is 2. The molecule has 10 heteroatoms. The highest BCUT2D eigenvalue weighted by atomic mass is 16.7. The minimum absolute atomic E-state index is 0.000873. The molecular formula is C21H38BN3O6. The van der Waals surface area contributed by atoms with Gasteiger partial charge in [0.1, 0.15) is 6.10 Å². The fourth-order valence-corrected chi connectivity index (χ4v) is 4.33. The van der Waals surface area contributed by atoms with E-state index in [9.17, 15) is 14.4 Å². The van der Waals surface area contributed by atoms with E-state index in [4.69, 9.17) is 19.8 Å². The summed E-state index contributed by atoms with van der Waals surface area (Å²) in [4.78, 5) is 36.9. The number of hydrogen-bond donors (Lipinski definition) is 3. The first-order chi connectivity index (χ1) is 14.0. The molecule has 176 valence electrons. The first kappa shape index (κ1) is 25.5. The lowest BCUT2D eigenvalue weighted by Gasteiger charge is -2.36. The number of rotatable bonds is 6. The summed E-state index contributed by atoms with van der Waals surface area (Å²) in [5.74, 6) is -0.769. The normalized spacial score (nSPS) is 29.5. The summed E-state index contributed by atoms with van der Waals surface area (Å²) in [6, 6.07) is 0. The largest absolute Gasteiger partial charge is 0.457 e. The molecule has 0 aromatic carbocycles. The van der Waals surface area contributed by atoms with Gasteiger partial charge in [0.25, 0.3) is 0 Å². The van der Waals surface area contributed by atoms with Gasteiger partial charge in [-0.05, 0) is 73.5 Å². The topological polar surface area (TPSA) is 129 Å². The molecule has 0 bridgehead atoms. The first-order valence-electron chi connectivity index (χ1n) is 10.9. The van der Waals surface area contributed by atoms with Crippen molar-refractivity contribution in [2.75, 3.05) is 0 Å². The van der Waals surface area contributed by atoms with Crippen LogP contribution >= 0.6 is 0 Å². The quantitative estimate of drug-likeness (QED) is 0.544. The third-order valence-corrected chi connectivity index (χ3v) is 6.37. The lowest BCUT2D eigenvalue weighted by atomic mass is 9.79. The molecule has 1 saturated carbocycles. The van der Waals surface area contributed by atoms with Crippen molar-refractivity contribution < 1.29 is 28.4 Å². The van der Waals surface area contributed by atoms with Crippen LogP contribution in [-0.4, -0.2) is 53.4 Å². The second-order valence-corrected chi connectivity index (χ2v) is 10.9. The van der Waals surface area contributed by atoms with Crippen LogP contribution in [0.5, 0.6) is 0 Å². The molecule has 31 heavy (non-hydrogen) atoms. The smallest absolute Gasteiger partial charge is 0.443 e. The third-order valence-electron chi connectivity index (χ3n) is 6.37. The summed E-state index contributed by atoms with van der Waals surface area (Å²) in [6.45, 7) is 14.9. The van der Waals surface area contributed by atoms with E-state index in [0.29, 0.717) is 25.6 Å². The fraction of sp³-hybridized carbons (Fsp3) is 0.857. The van der Waals surface area contributed by atoms with Gasteiger partial charge in [0.2, 0.25) is 11.8 Å². The summed E-state index contributed by atoms with van der Waals surface area (Å²) in [6.07, 6.45) is 0.193. The van der Waals surface area contributed by atoms with E-state index in [0.717, 1.165) is 0 Å². The second-order valence-electron chi connectivity index (χ2n) is 10.9. The predicted molar refractivity (Wildman–Crippen MR) is 117 cm³/mol. The average Bonchev–Trinajstić information content (AvgIpc) is 2.97. The molecule has 1 heterocycles. The van der Waals surface area contributed by atoms with Crippen molar-refractivity contribution in [1.29, 1.82) is 0 Å². The Morgan fingerprint density at radius 2 is 1.68 bits per heavy atom. The average molecular weight is 439 g/mol. The Labute approximate surface area is 185 Å². The Bertz CT molecular complexity index is 704. The lowest BCUT2D eigenvalue weighted by Crippen LogP contribution is -2.65. The SMILES string of the molecule is CC(=O)NC1(C(=O)NC(C)(C)C)CC(CCB2OC(C)(C)C(C)(C)O2)CC1OC(N)=O. The molecule has 3 unspecified atom stereocenters. The van der Waals surface area contributed by atoms with Gasteiger partial charge in [-0.25, -0.2) is 4.79 Å². The number of primary amides is 1. The van der Waals surface area contributed by atoms with Gasteiger partial charge >= 0.3 is 13.2 Å². The van der Waals surface area contributed by atoms with Crippen molar-refractivity contribution in [3.63, 3.8) is 0 Å². The van der Waals surface area contributed by atoms with Crippen molar-refractivity contribution in [2.24, 2.45) is 11.7 Å². The highest BCUT2D eigenvalue weighted by Gasteiger charge is 2.57. The van der Waals surface area contributed by atoms with Crippen LogP contribution in [0, 0.1) is 5.92 Å². The van der Waals surface area contributed by atoms with Crippen LogP contribution in [-0.2, 0) is 23.6 Å². The summed E-state index contributed by atoms with van der Waals surface area (Å²) >= 11 is 0. The molecule has 0 spiro atoms. The summed E-state index contributed by atoms with van der Waals surface area (Å²) in [7, 11) is -0.361. The fourth-order valence-electron chi connectivity index (χ4n) is 4.33. The molecule has 1 aliphatic heterocycles. The molecule has 1 saturated heterocycles. The number of ether oxygens (including phenoxy) is 1. The van der Waals surface area contributed by atoms with Crippen LogP contribution < -0.4 is 16.4 Å².